The topological polar surface area (TPSA) is 68.3 Å². The van der Waals surface area contributed by atoms with Crippen LogP contribution in [0.4, 0.5) is 0 Å². The average Bonchev–Trinajstić information content (AvgIpc) is 2.74. The molecule has 0 fully saturated rings. The smallest absolute Gasteiger partial charge is 0.163 e. The molecule has 3 unspecified atom stereocenters. The van der Waals surface area contributed by atoms with E-state index in [9.17, 15) is 19.2 Å². The Kier molecular flexibility index (Phi) is 12.5. The monoisotopic (exact) mass is 456 g/mol. The van der Waals surface area contributed by atoms with Gasteiger partial charge in [-0.15, -0.1) is 0 Å². The maximum absolute atomic E-state index is 13.0. The number of carbonyl (C=O) groups excluding carboxylic acids is 4. The van der Waals surface area contributed by atoms with Gasteiger partial charge in [0.2, 0.25) is 0 Å². The van der Waals surface area contributed by atoms with E-state index in [0.717, 1.165) is 36.0 Å². The van der Waals surface area contributed by atoms with Gasteiger partial charge in [-0.25, -0.2) is 0 Å². The van der Waals surface area contributed by atoms with E-state index in [4.69, 9.17) is 0 Å². The Hall–Kier alpha value is -2.10. The molecule has 4 heteroatoms. The molecule has 1 aromatic carbocycles. The van der Waals surface area contributed by atoms with Gasteiger partial charge in [-0.3, -0.25) is 19.2 Å². The highest BCUT2D eigenvalue weighted by molar-refractivity contribution is 6.05. The van der Waals surface area contributed by atoms with Gasteiger partial charge in [-0.05, 0) is 56.1 Å². The van der Waals surface area contributed by atoms with Gasteiger partial charge < -0.3 is 0 Å². The summed E-state index contributed by atoms with van der Waals surface area (Å²) < 4.78 is 0. The van der Waals surface area contributed by atoms with Crippen molar-refractivity contribution in [3.8, 4) is 0 Å². The molecule has 4 nitrogen and oxygen atoms in total. The summed E-state index contributed by atoms with van der Waals surface area (Å²) in [5, 5.41) is 0. The zero-order valence-corrected chi connectivity index (χ0v) is 21.9. The summed E-state index contributed by atoms with van der Waals surface area (Å²) in [5.41, 5.74) is 3.26. The lowest BCUT2D eigenvalue weighted by atomic mass is 9.71. The first kappa shape index (κ1) is 28.9. The van der Waals surface area contributed by atoms with Crippen molar-refractivity contribution >= 4 is 23.1 Å². The van der Waals surface area contributed by atoms with Crippen LogP contribution in [-0.4, -0.2) is 23.1 Å². The van der Waals surface area contributed by atoms with Crippen LogP contribution in [0.25, 0.3) is 0 Å². The third kappa shape index (κ3) is 8.01. The van der Waals surface area contributed by atoms with Gasteiger partial charge in [0.1, 0.15) is 11.6 Å². The zero-order chi connectivity index (χ0) is 25.1. The van der Waals surface area contributed by atoms with Gasteiger partial charge in [-0.1, -0.05) is 66.0 Å². The molecular weight excluding hydrogens is 412 g/mol. The number of hydrogen-bond acceptors (Lipinski definition) is 4. The third-order valence-corrected chi connectivity index (χ3v) is 6.53. The van der Waals surface area contributed by atoms with Crippen LogP contribution in [0.2, 0.25) is 0 Å². The van der Waals surface area contributed by atoms with Gasteiger partial charge in [-0.2, -0.15) is 0 Å². The standard InChI is InChI=1S/C26H36O4.C3H8/c1-6-9-19(20(7-2)24(29)12-17(5)27)13-18-14-22-21(23(28)8-3)11-10-16(4)26(22)25(30)15-18;1-3-2/h10-11,18-20H,6-9,12-15H2,1-5H3;3H2,1-2H3. The summed E-state index contributed by atoms with van der Waals surface area (Å²) in [4.78, 5) is 49.7. The van der Waals surface area contributed by atoms with Gasteiger partial charge in [0.15, 0.2) is 11.6 Å². The molecule has 0 aromatic heterocycles. The van der Waals surface area contributed by atoms with Crippen molar-refractivity contribution in [1.29, 1.82) is 0 Å². The molecule has 0 saturated carbocycles. The van der Waals surface area contributed by atoms with E-state index in [1.54, 1.807) is 0 Å². The highest BCUT2D eigenvalue weighted by atomic mass is 16.1. The number of ketones is 4. The van der Waals surface area contributed by atoms with E-state index in [0.29, 0.717) is 31.2 Å². The van der Waals surface area contributed by atoms with Crippen LogP contribution in [0.3, 0.4) is 0 Å². The fourth-order valence-electron chi connectivity index (χ4n) is 5.19. The van der Waals surface area contributed by atoms with Crippen LogP contribution in [0.15, 0.2) is 12.1 Å². The van der Waals surface area contributed by atoms with E-state index in [1.165, 1.54) is 13.3 Å². The lowest BCUT2D eigenvalue weighted by molar-refractivity contribution is -0.129. The Bertz CT molecular complexity index is 836. The highest BCUT2D eigenvalue weighted by Gasteiger charge is 2.34. The Labute approximate surface area is 200 Å². The molecule has 2 rings (SSSR count). The quantitative estimate of drug-likeness (QED) is 0.262. The Morgan fingerprint density at radius 3 is 2.18 bits per heavy atom. The van der Waals surface area contributed by atoms with Gasteiger partial charge >= 0.3 is 0 Å². The molecule has 0 N–H and O–H groups in total. The van der Waals surface area contributed by atoms with Gasteiger partial charge in [0.05, 0.1) is 6.42 Å². The fourth-order valence-corrected chi connectivity index (χ4v) is 5.19. The minimum Gasteiger partial charge on any atom is -0.300 e. The van der Waals surface area contributed by atoms with Crippen molar-refractivity contribution < 1.29 is 19.2 Å². The third-order valence-electron chi connectivity index (χ3n) is 6.53. The molecule has 3 atom stereocenters. The average molecular weight is 457 g/mol. The first-order valence-corrected chi connectivity index (χ1v) is 12.9. The van der Waals surface area contributed by atoms with Crippen LogP contribution < -0.4 is 0 Å². The van der Waals surface area contributed by atoms with Crippen LogP contribution in [0, 0.1) is 24.7 Å². The van der Waals surface area contributed by atoms with Crippen molar-refractivity contribution in [3.05, 3.63) is 34.4 Å². The normalized spacial score (nSPS) is 16.8. The van der Waals surface area contributed by atoms with E-state index >= 15 is 0 Å². The summed E-state index contributed by atoms with van der Waals surface area (Å²) in [5.74, 6) is 0.292. The molecular formula is C29H44O4. The van der Waals surface area contributed by atoms with Crippen molar-refractivity contribution in [3.63, 3.8) is 0 Å². The van der Waals surface area contributed by atoms with Crippen LogP contribution in [0.1, 0.15) is 125 Å². The van der Waals surface area contributed by atoms with Crippen molar-refractivity contribution in [2.24, 2.45) is 17.8 Å². The molecule has 0 saturated heterocycles. The van der Waals surface area contributed by atoms with Crippen molar-refractivity contribution in [2.75, 3.05) is 0 Å². The molecule has 0 amide bonds. The molecule has 0 bridgehead atoms. The lowest BCUT2D eigenvalue weighted by Crippen LogP contribution is -2.30. The van der Waals surface area contributed by atoms with Gasteiger partial charge in [0.25, 0.3) is 0 Å². The molecule has 1 aliphatic carbocycles. The van der Waals surface area contributed by atoms with Gasteiger partial charge in [0, 0.05) is 29.9 Å². The van der Waals surface area contributed by atoms with Crippen LogP contribution >= 0.6 is 0 Å². The first-order chi connectivity index (χ1) is 15.6. The SMILES string of the molecule is CCC.CCCC(CC1CC(=O)c2c(C)ccc(C(=O)CC)c2C1)C(CC)C(=O)CC(C)=O. The molecule has 0 radical (unpaired) electrons. The summed E-state index contributed by atoms with van der Waals surface area (Å²) in [6.07, 6.45) is 6.22. The number of benzene rings is 1. The highest BCUT2D eigenvalue weighted by Crippen LogP contribution is 2.37. The summed E-state index contributed by atoms with van der Waals surface area (Å²) in [6.45, 7) is 13.6. The fraction of sp³-hybridized carbons (Fsp3) is 0.655. The van der Waals surface area contributed by atoms with Crippen LogP contribution in [-0.2, 0) is 16.0 Å². The maximum atomic E-state index is 13.0. The first-order valence-electron chi connectivity index (χ1n) is 12.9. The molecule has 0 spiro atoms. The minimum atomic E-state index is -0.139. The number of aryl methyl sites for hydroxylation is 1. The van der Waals surface area contributed by atoms with Crippen LogP contribution in [0.5, 0.6) is 0 Å². The second-order valence-corrected chi connectivity index (χ2v) is 9.61. The Morgan fingerprint density at radius 2 is 1.67 bits per heavy atom. The number of hydrogen-bond donors (Lipinski definition) is 0. The largest absolute Gasteiger partial charge is 0.300 e. The van der Waals surface area contributed by atoms with Crippen molar-refractivity contribution in [2.45, 2.75) is 106 Å². The van der Waals surface area contributed by atoms with E-state index in [1.807, 2.05) is 32.9 Å². The number of carbonyl (C=O) groups is 4. The summed E-state index contributed by atoms with van der Waals surface area (Å²) in [7, 11) is 0. The second-order valence-electron chi connectivity index (χ2n) is 9.61. The lowest BCUT2D eigenvalue weighted by Gasteiger charge is -2.32. The van der Waals surface area contributed by atoms with E-state index < -0.39 is 0 Å². The minimum absolute atomic E-state index is 0.000500. The number of Topliss-reactive ketones (excluding diaryl/α,β-unsaturated/α-hetero) is 4. The number of fused-ring (bicyclic) bond motifs is 1. The molecule has 33 heavy (non-hydrogen) atoms. The molecule has 0 aliphatic heterocycles. The Morgan fingerprint density at radius 1 is 1.03 bits per heavy atom. The predicted molar refractivity (Wildman–Crippen MR) is 135 cm³/mol. The summed E-state index contributed by atoms with van der Waals surface area (Å²) >= 11 is 0. The summed E-state index contributed by atoms with van der Waals surface area (Å²) in [6, 6.07) is 3.75. The predicted octanol–water partition coefficient (Wildman–Crippen LogP) is 7.13. The molecule has 1 aliphatic rings. The van der Waals surface area contributed by atoms with E-state index in [2.05, 4.69) is 20.8 Å². The molecule has 1 aromatic rings. The zero-order valence-electron chi connectivity index (χ0n) is 21.9. The maximum Gasteiger partial charge on any atom is 0.163 e. The van der Waals surface area contributed by atoms with E-state index in [-0.39, 0.29) is 47.3 Å². The number of rotatable bonds is 11. The molecule has 184 valence electrons. The van der Waals surface area contributed by atoms with Crippen molar-refractivity contribution in [1.82, 2.24) is 0 Å². The Balaban J connectivity index is 0.00000172. The molecule has 0 heterocycles. The second kappa shape index (κ2) is 14.2.